The summed E-state index contributed by atoms with van der Waals surface area (Å²) in [6.45, 7) is 0. The van der Waals surface area contributed by atoms with E-state index >= 15 is 0 Å². The fourth-order valence-electron chi connectivity index (χ4n) is 2.91. The number of rotatable bonds is 8. The average Bonchev–Trinajstić information content (AvgIpc) is 2.56. The molecule has 0 aliphatic heterocycles. The maximum Gasteiger partial charge on any atom is 0.238 e. The molecule has 0 spiro atoms. The number of unbranched alkanes of at least 4 members (excludes halogenated alkanes) is 3. The molecule has 0 aromatic rings. The van der Waals surface area contributed by atoms with E-state index in [1.165, 1.54) is 57.4 Å². The first-order valence-corrected chi connectivity index (χ1v) is 9.39. The molecular weight excluding hydrogens is 234 g/mol. The van der Waals surface area contributed by atoms with Gasteiger partial charge < -0.3 is 0 Å². The van der Waals surface area contributed by atoms with Crippen LogP contribution >= 0.6 is 0 Å². The first-order valence-electron chi connectivity index (χ1n) is 7.57. The Hall–Kier alpha value is 0.0769. The van der Waals surface area contributed by atoms with Crippen LogP contribution in [0.1, 0.15) is 70.6 Å². The zero-order valence-electron chi connectivity index (χ0n) is 11.1. The predicted octanol–water partition coefficient (Wildman–Crippen LogP) is 4.93. The zero-order chi connectivity index (χ0) is 12.3. The molecule has 1 aliphatic carbocycles. The molecule has 1 saturated carbocycles. The van der Waals surface area contributed by atoms with Crippen molar-refractivity contribution in [2.75, 3.05) is 0 Å². The van der Waals surface area contributed by atoms with Crippen LogP contribution in [0.25, 0.3) is 0 Å². The van der Waals surface area contributed by atoms with Crippen LogP contribution in [0.3, 0.4) is 0 Å². The number of hydrogen-bond donors (Lipinski definition) is 0. The number of halogens is 2. The van der Waals surface area contributed by atoms with Crippen LogP contribution in [0.5, 0.6) is 0 Å². The second-order valence-corrected chi connectivity index (χ2v) is 8.03. The van der Waals surface area contributed by atoms with E-state index in [0.29, 0.717) is 0 Å². The van der Waals surface area contributed by atoms with Crippen LogP contribution in [0.15, 0.2) is 0 Å². The molecule has 0 unspecified atom stereocenters. The molecule has 3 heteroatoms. The maximum absolute atomic E-state index is 11.9. The second-order valence-electron chi connectivity index (χ2n) is 5.59. The van der Waals surface area contributed by atoms with Crippen molar-refractivity contribution in [1.29, 1.82) is 0 Å². The minimum atomic E-state index is -2.09. The second kappa shape index (κ2) is 10.0. The Balaban J connectivity index is 1.86. The third-order valence-corrected chi connectivity index (χ3v) is 6.55. The molecule has 0 N–H and O–H groups in total. The van der Waals surface area contributed by atoms with Crippen molar-refractivity contribution >= 4 is 9.52 Å². The quantitative estimate of drug-likeness (QED) is 0.330. The fourth-order valence-corrected chi connectivity index (χ4v) is 5.29. The summed E-state index contributed by atoms with van der Waals surface area (Å²) < 4.78 is 23.8. The summed E-state index contributed by atoms with van der Waals surface area (Å²) in [5.74, 6) is 0. The molecule has 0 amide bonds. The SMILES string of the molecule is FC(F)CCCCCC[SiH2]C1CCCCCC1. The van der Waals surface area contributed by atoms with E-state index in [-0.39, 0.29) is 15.9 Å². The molecule has 0 aromatic carbocycles. The van der Waals surface area contributed by atoms with Crippen molar-refractivity contribution in [2.45, 2.75) is 88.6 Å². The van der Waals surface area contributed by atoms with Gasteiger partial charge in [0, 0.05) is 15.9 Å². The standard InChI is InChI=1S/C14H28F2Si/c15-14(16)11-7-3-4-8-12-17-13-9-5-1-2-6-10-13/h13-14H,1-12,17H2. The van der Waals surface area contributed by atoms with Crippen molar-refractivity contribution in [3.63, 3.8) is 0 Å². The Labute approximate surface area is 107 Å². The first kappa shape index (κ1) is 15.1. The van der Waals surface area contributed by atoms with Crippen molar-refractivity contribution in [1.82, 2.24) is 0 Å². The van der Waals surface area contributed by atoms with E-state index in [2.05, 4.69) is 0 Å². The van der Waals surface area contributed by atoms with Gasteiger partial charge in [-0.25, -0.2) is 8.78 Å². The number of alkyl halides is 2. The molecule has 1 rings (SSSR count). The molecular formula is C14H28F2Si. The van der Waals surface area contributed by atoms with Crippen molar-refractivity contribution in [3.8, 4) is 0 Å². The van der Waals surface area contributed by atoms with Crippen LogP contribution in [-0.2, 0) is 0 Å². The largest absolute Gasteiger partial charge is 0.238 e. The third-order valence-electron chi connectivity index (χ3n) is 4.01. The van der Waals surface area contributed by atoms with Gasteiger partial charge in [-0.2, -0.15) is 0 Å². The molecule has 0 saturated heterocycles. The van der Waals surface area contributed by atoms with Gasteiger partial charge in [0.2, 0.25) is 6.43 Å². The lowest BCUT2D eigenvalue weighted by Gasteiger charge is -2.12. The van der Waals surface area contributed by atoms with E-state index in [0.717, 1.165) is 18.4 Å². The Bertz CT molecular complexity index is 166. The maximum atomic E-state index is 11.9. The summed E-state index contributed by atoms with van der Waals surface area (Å²) in [5, 5.41) is 0. The molecule has 0 aromatic heterocycles. The lowest BCUT2D eigenvalue weighted by molar-refractivity contribution is 0.134. The normalized spacial score (nSPS) is 19.2. The number of hydrogen-bond acceptors (Lipinski definition) is 0. The summed E-state index contributed by atoms with van der Waals surface area (Å²) in [6.07, 6.45) is 11.1. The van der Waals surface area contributed by atoms with Crippen molar-refractivity contribution in [3.05, 3.63) is 0 Å². The Morgan fingerprint density at radius 3 is 2.18 bits per heavy atom. The van der Waals surface area contributed by atoms with Crippen molar-refractivity contribution in [2.24, 2.45) is 0 Å². The summed E-state index contributed by atoms with van der Waals surface area (Å²) >= 11 is 0. The highest BCUT2D eigenvalue weighted by Crippen LogP contribution is 2.27. The minimum absolute atomic E-state index is 0.111. The topological polar surface area (TPSA) is 0 Å². The van der Waals surface area contributed by atoms with Gasteiger partial charge >= 0.3 is 0 Å². The van der Waals surface area contributed by atoms with Gasteiger partial charge in [-0.05, 0) is 6.42 Å². The summed E-state index contributed by atoms with van der Waals surface area (Å²) in [4.78, 5) is 0. The van der Waals surface area contributed by atoms with E-state index in [1.807, 2.05) is 0 Å². The van der Waals surface area contributed by atoms with Crippen LogP contribution in [0, 0.1) is 0 Å². The monoisotopic (exact) mass is 262 g/mol. The third kappa shape index (κ3) is 8.75. The van der Waals surface area contributed by atoms with E-state index in [1.54, 1.807) is 0 Å². The summed E-state index contributed by atoms with van der Waals surface area (Å²) in [6, 6.07) is 1.46. The lowest BCUT2D eigenvalue weighted by atomic mass is 10.2. The lowest BCUT2D eigenvalue weighted by Crippen LogP contribution is -2.02. The van der Waals surface area contributed by atoms with Crippen LogP contribution in [-0.4, -0.2) is 15.9 Å². The Morgan fingerprint density at radius 2 is 1.53 bits per heavy atom. The van der Waals surface area contributed by atoms with E-state index < -0.39 is 6.43 Å². The summed E-state index contributed by atoms with van der Waals surface area (Å²) in [7, 11) is 0.145. The molecule has 0 radical (unpaired) electrons. The predicted molar refractivity (Wildman–Crippen MR) is 73.9 cm³/mol. The Kier molecular flexibility index (Phi) is 8.94. The van der Waals surface area contributed by atoms with Gasteiger partial charge in [0.25, 0.3) is 0 Å². The zero-order valence-corrected chi connectivity index (χ0v) is 12.5. The highest BCUT2D eigenvalue weighted by atomic mass is 28.2. The van der Waals surface area contributed by atoms with Crippen LogP contribution in [0.4, 0.5) is 8.78 Å². The van der Waals surface area contributed by atoms with Crippen LogP contribution < -0.4 is 0 Å². The van der Waals surface area contributed by atoms with Gasteiger partial charge in [0.05, 0.1) is 0 Å². The molecule has 0 bridgehead atoms. The van der Waals surface area contributed by atoms with Gasteiger partial charge in [0.1, 0.15) is 0 Å². The van der Waals surface area contributed by atoms with E-state index in [9.17, 15) is 8.78 Å². The fraction of sp³-hybridized carbons (Fsp3) is 1.00. The first-order chi connectivity index (χ1) is 8.29. The van der Waals surface area contributed by atoms with Gasteiger partial charge in [-0.1, -0.05) is 69.4 Å². The highest BCUT2D eigenvalue weighted by molar-refractivity contribution is 6.37. The minimum Gasteiger partial charge on any atom is -0.211 e. The Morgan fingerprint density at radius 1 is 0.882 bits per heavy atom. The molecule has 0 nitrogen and oxygen atoms in total. The molecule has 1 fully saturated rings. The molecule has 0 atom stereocenters. The molecule has 1 aliphatic rings. The molecule has 0 heterocycles. The smallest absolute Gasteiger partial charge is 0.211 e. The highest BCUT2D eigenvalue weighted by Gasteiger charge is 2.11. The van der Waals surface area contributed by atoms with E-state index in [4.69, 9.17) is 0 Å². The van der Waals surface area contributed by atoms with Crippen molar-refractivity contribution < 1.29 is 8.78 Å². The molecule has 102 valence electrons. The van der Waals surface area contributed by atoms with Crippen LogP contribution in [0.2, 0.25) is 11.6 Å². The van der Waals surface area contributed by atoms with Gasteiger partial charge in [-0.15, -0.1) is 0 Å². The van der Waals surface area contributed by atoms with Gasteiger partial charge in [-0.3, -0.25) is 0 Å². The summed E-state index contributed by atoms with van der Waals surface area (Å²) in [5.41, 5.74) is 1.11. The average molecular weight is 262 g/mol. The molecule has 17 heavy (non-hydrogen) atoms. The van der Waals surface area contributed by atoms with Gasteiger partial charge in [0.15, 0.2) is 0 Å².